The summed E-state index contributed by atoms with van der Waals surface area (Å²) in [4.78, 5) is 19.0. The Balaban J connectivity index is 1.80. The van der Waals surface area contributed by atoms with Gasteiger partial charge in [-0.3, -0.25) is 4.79 Å². The number of carbonyl (C=O) groups is 1. The first-order valence-corrected chi connectivity index (χ1v) is 6.49. The number of aryl methyl sites for hydroxylation is 2. The van der Waals surface area contributed by atoms with E-state index in [0.29, 0.717) is 6.42 Å². The quantitative estimate of drug-likeness (QED) is 0.864. The molecule has 1 unspecified atom stereocenters. The van der Waals surface area contributed by atoms with Crippen molar-refractivity contribution < 1.29 is 4.79 Å². The average molecular weight is 257 g/mol. The van der Waals surface area contributed by atoms with Crippen LogP contribution in [0, 0.1) is 6.92 Å². The van der Waals surface area contributed by atoms with Gasteiger partial charge in [0.25, 0.3) is 0 Å². The fourth-order valence-electron chi connectivity index (χ4n) is 1.91. The van der Waals surface area contributed by atoms with Gasteiger partial charge in [0.15, 0.2) is 0 Å². The van der Waals surface area contributed by atoms with Crippen LogP contribution in [-0.4, -0.2) is 15.9 Å². The summed E-state index contributed by atoms with van der Waals surface area (Å²) in [6, 6.07) is 8.19. The van der Waals surface area contributed by atoms with E-state index in [9.17, 15) is 4.79 Å². The molecular formula is C15H19N3O. The number of hydrogen-bond donors (Lipinski definition) is 2. The van der Waals surface area contributed by atoms with E-state index in [1.807, 2.05) is 6.92 Å². The summed E-state index contributed by atoms with van der Waals surface area (Å²) < 4.78 is 0. The first-order chi connectivity index (χ1) is 9.15. The Morgan fingerprint density at radius 3 is 2.74 bits per heavy atom. The van der Waals surface area contributed by atoms with Crippen molar-refractivity contribution in [3.8, 4) is 0 Å². The summed E-state index contributed by atoms with van der Waals surface area (Å²) in [6.07, 6.45) is 4.69. The van der Waals surface area contributed by atoms with E-state index in [-0.39, 0.29) is 11.9 Å². The molecule has 0 saturated carbocycles. The SMILES string of the molecule is Cc1ccc(CCC(=O)NC(C)c2ncc[nH]2)cc1. The normalized spacial score (nSPS) is 12.1. The minimum atomic E-state index is -0.0829. The maximum absolute atomic E-state index is 11.8. The number of hydrogen-bond acceptors (Lipinski definition) is 2. The van der Waals surface area contributed by atoms with Gasteiger partial charge in [0.05, 0.1) is 6.04 Å². The Kier molecular flexibility index (Phi) is 4.34. The zero-order chi connectivity index (χ0) is 13.7. The van der Waals surface area contributed by atoms with Gasteiger partial charge >= 0.3 is 0 Å². The van der Waals surface area contributed by atoms with E-state index in [1.165, 1.54) is 11.1 Å². The number of H-pyrrole nitrogens is 1. The monoisotopic (exact) mass is 257 g/mol. The second kappa shape index (κ2) is 6.18. The first-order valence-electron chi connectivity index (χ1n) is 6.49. The van der Waals surface area contributed by atoms with Crippen LogP contribution in [0.1, 0.15) is 36.3 Å². The second-order valence-electron chi connectivity index (χ2n) is 4.75. The lowest BCUT2D eigenvalue weighted by Crippen LogP contribution is -2.27. The molecule has 19 heavy (non-hydrogen) atoms. The third-order valence-corrected chi connectivity index (χ3v) is 3.07. The summed E-state index contributed by atoms with van der Waals surface area (Å²) in [7, 11) is 0. The summed E-state index contributed by atoms with van der Waals surface area (Å²) in [6.45, 7) is 3.98. The molecule has 0 aliphatic rings. The van der Waals surface area contributed by atoms with Gasteiger partial charge in [-0.2, -0.15) is 0 Å². The molecule has 4 heteroatoms. The molecular weight excluding hydrogens is 238 g/mol. The number of nitrogens with zero attached hydrogens (tertiary/aromatic N) is 1. The maximum atomic E-state index is 11.8. The second-order valence-corrected chi connectivity index (χ2v) is 4.75. The van der Waals surface area contributed by atoms with Crippen molar-refractivity contribution in [2.24, 2.45) is 0 Å². The highest BCUT2D eigenvalue weighted by atomic mass is 16.1. The van der Waals surface area contributed by atoms with E-state index < -0.39 is 0 Å². The smallest absolute Gasteiger partial charge is 0.220 e. The molecule has 0 aliphatic heterocycles. The van der Waals surface area contributed by atoms with Crippen LogP contribution in [0.15, 0.2) is 36.7 Å². The lowest BCUT2D eigenvalue weighted by Gasteiger charge is -2.11. The van der Waals surface area contributed by atoms with E-state index in [0.717, 1.165) is 12.2 Å². The average Bonchev–Trinajstić information content (AvgIpc) is 2.92. The Morgan fingerprint density at radius 2 is 2.11 bits per heavy atom. The van der Waals surface area contributed by atoms with Crippen LogP contribution in [0.25, 0.3) is 0 Å². The summed E-state index contributed by atoms with van der Waals surface area (Å²) in [5.41, 5.74) is 2.42. The predicted octanol–water partition coefficient (Wildman–Crippen LogP) is 2.53. The van der Waals surface area contributed by atoms with Crippen LogP contribution in [0.3, 0.4) is 0 Å². The van der Waals surface area contributed by atoms with Crippen molar-refractivity contribution in [1.29, 1.82) is 0 Å². The van der Waals surface area contributed by atoms with Crippen LogP contribution in [0.5, 0.6) is 0 Å². The molecule has 2 N–H and O–H groups in total. The van der Waals surface area contributed by atoms with Gasteiger partial charge in [-0.1, -0.05) is 29.8 Å². The molecule has 2 rings (SSSR count). The van der Waals surface area contributed by atoms with Gasteiger partial charge in [0.2, 0.25) is 5.91 Å². The van der Waals surface area contributed by atoms with Crippen molar-refractivity contribution in [2.45, 2.75) is 32.7 Å². The largest absolute Gasteiger partial charge is 0.347 e. The Labute approximate surface area is 113 Å². The lowest BCUT2D eigenvalue weighted by molar-refractivity contribution is -0.121. The Hall–Kier alpha value is -2.10. The number of nitrogens with one attached hydrogen (secondary N) is 2. The molecule has 0 saturated heterocycles. The minimum absolute atomic E-state index is 0.0458. The van der Waals surface area contributed by atoms with E-state index in [4.69, 9.17) is 0 Å². The maximum Gasteiger partial charge on any atom is 0.220 e. The predicted molar refractivity (Wildman–Crippen MR) is 74.6 cm³/mol. The van der Waals surface area contributed by atoms with Crippen molar-refractivity contribution in [2.75, 3.05) is 0 Å². The molecule has 0 radical (unpaired) electrons. The third kappa shape index (κ3) is 3.95. The molecule has 1 amide bonds. The van der Waals surface area contributed by atoms with Gasteiger partial charge in [-0.05, 0) is 25.8 Å². The number of aromatic nitrogens is 2. The number of benzene rings is 1. The number of amides is 1. The Morgan fingerprint density at radius 1 is 1.37 bits per heavy atom. The molecule has 1 aromatic carbocycles. The zero-order valence-electron chi connectivity index (χ0n) is 11.3. The zero-order valence-corrected chi connectivity index (χ0v) is 11.3. The molecule has 100 valence electrons. The fraction of sp³-hybridized carbons (Fsp3) is 0.333. The highest BCUT2D eigenvalue weighted by Gasteiger charge is 2.10. The van der Waals surface area contributed by atoms with Crippen molar-refractivity contribution in [1.82, 2.24) is 15.3 Å². The number of aromatic amines is 1. The fourth-order valence-corrected chi connectivity index (χ4v) is 1.91. The Bertz CT molecular complexity index is 517. The molecule has 4 nitrogen and oxygen atoms in total. The first kappa shape index (κ1) is 13.3. The van der Waals surface area contributed by atoms with Crippen molar-refractivity contribution in [3.05, 3.63) is 53.6 Å². The van der Waals surface area contributed by atoms with Crippen LogP contribution < -0.4 is 5.32 Å². The molecule has 0 fully saturated rings. The van der Waals surface area contributed by atoms with Crippen LogP contribution in [0.4, 0.5) is 0 Å². The van der Waals surface area contributed by atoms with Crippen LogP contribution >= 0.6 is 0 Å². The standard InChI is InChI=1S/C15H19N3O/c1-11-3-5-13(6-4-11)7-8-14(19)18-12(2)15-16-9-10-17-15/h3-6,9-10,12H,7-8H2,1-2H3,(H,16,17)(H,18,19). The van der Waals surface area contributed by atoms with Gasteiger partial charge < -0.3 is 10.3 Å². The highest BCUT2D eigenvalue weighted by Crippen LogP contribution is 2.08. The number of imidazole rings is 1. The van der Waals surface area contributed by atoms with E-state index in [2.05, 4.69) is 46.5 Å². The number of rotatable bonds is 5. The molecule has 0 spiro atoms. The van der Waals surface area contributed by atoms with Crippen LogP contribution in [-0.2, 0) is 11.2 Å². The summed E-state index contributed by atoms with van der Waals surface area (Å²) in [5.74, 6) is 0.827. The molecule has 1 heterocycles. The minimum Gasteiger partial charge on any atom is -0.347 e. The highest BCUT2D eigenvalue weighted by molar-refractivity contribution is 5.76. The van der Waals surface area contributed by atoms with Gasteiger partial charge in [0, 0.05) is 18.8 Å². The number of carbonyl (C=O) groups excluding carboxylic acids is 1. The molecule has 2 aromatic rings. The molecule has 0 bridgehead atoms. The topological polar surface area (TPSA) is 57.8 Å². The van der Waals surface area contributed by atoms with Crippen molar-refractivity contribution >= 4 is 5.91 Å². The summed E-state index contributed by atoms with van der Waals surface area (Å²) in [5, 5.41) is 2.93. The van der Waals surface area contributed by atoms with E-state index >= 15 is 0 Å². The van der Waals surface area contributed by atoms with Gasteiger partial charge in [0.1, 0.15) is 5.82 Å². The molecule has 0 aliphatic carbocycles. The van der Waals surface area contributed by atoms with E-state index in [1.54, 1.807) is 12.4 Å². The van der Waals surface area contributed by atoms with Gasteiger partial charge in [-0.15, -0.1) is 0 Å². The van der Waals surface area contributed by atoms with Crippen molar-refractivity contribution in [3.63, 3.8) is 0 Å². The summed E-state index contributed by atoms with van der Waals surface area (Å²) >= 11 is 0. The third-order valence-electron chi connectivity index (χ3n) is 3.07. The molecule has 1 aromatic heterocycles. The lowest BCUT2D eigenvalue weighted by atomic mass is 10.1. The molecule has 1 atom stereocenters. The van der Waals surface area contributed by atoms with Gasteiger partial charge in [-0.25, -0.2) is 4.98 Å². The van der Waals surface area contributed by atoms with Crippen LogP contribution in [0.2, 0.25) is 0 Å².